The molecule has 1 aliphatic heterocycles. The molecular weight excluding hydrogens is 268 g/mol. The molecule has 5 heteroatoms. The van der Waals surface area contributed by atoms with Crippen LogP contribution in [0.2, 0.25) is 0 Å². The Balaban J connectivity index is 2.76. The van der Waals surface area contributed by atoms with Gasteiger partial charge in [-0.25, -0.2) is 0 Å². The maximum atomic E-state index is 6.21. The van der Waals surface area contributed by atoms with Gasteiger partial charge in [0.05, 0.1) is 12.7 Å². The summed E-state index contributed by atoms with van der Waals surface area (Å²) in [5, 5.41) is 0. The average Bonchev–Trinajstić information content (AvgIpc) is 2.50. The first kappa shape index (κ1) is 18.8. The van der Waals surface area contributed by atoms with Crippen LogP contribution in [0.4, 0.5) is 0 Å². The number of nitrogens with zero attached hydrogens (tertiary/aromatic N) is 1. The Labute approximate surface area is 130 Å². The van der Waals surface area contributed by atoms with Crippen LogP contribution in [0.1, 0.15) is 33.1 Å². The maximum Gasteiger partial charge on any atom is 0.0616 e. The summed E-state index contributed by atoms with van der Waals surface area (Å²) in [6.45, 7) is 9.37. The summed E-state index contributed by atoms with van der Waals surface area (Å²) < 4.78 is 16.4. The molecule has 0 saturated carbocycles. The molecule has 0 amide bonds. The molecule has 2 unspecified atom stereocenters. The number of nitrogens with two attached hydrogens (primary N) is 1. The van der Waals surface area contributed by atoms with Gasteiger partial charge in [0.25, 0.3) is 0 Å². The van der Waals surface area contributed by atoms with Gasteiger partial charge in [-0.3, -0.25) is 4.90 Å². The molecule has 0 aliphatic carbocycles. The van der Waals surface area contributed by atoms with Gasteiger partial charge in [0.15, 0.2) is 0 Å². The van der Waals surface area contributed by atoms with Gasteiger partial charge in [-0.15, -0.1) is 0 Å². The molecule has 0 spiro atoms. The topological polar surface area (TPSA) is 57.0 Å². The average molecular weight is 302 g/mol. The van der Waals surface area contributed by atoms with Crippen molar-refractivity contribution >= 4 is 0 Å². The van der Waals surface area contributed by atoms with Crippen LogP contribution in [0.5, 0.6) is 0 Å². The quantitative estimate of drug-likeness (QED) is 0.620. The molecule has 0 aromatic carbocycles. The van der Waals surface area contributed by atoms with Gasteiger partial charge < -0.3 is 19.9 Å². The zero-order valence-electron chi connectivity index (χ0n) is 14.3. The third-order valence-electron chi connectivity index (χ3n) is 4.62. The van der Waals surface area contributed by atoms with Crippen molar-refractivity contribution in [2.45, 2.75) is 44.8 Å². The first-order chi connectivity index (χ1) is 10.1. The van der Waals surface area contributed by atoms with E-state index in [1.165, 1.54) is 0 Å². The van der Waals surface area contributed by atoms with Gasteiger partial charge >= 0.3 is 0 Å². The van der Waals surface area contributed by atoms with E-state index in [0.29, 0.717) is 18.6 Å². The predicted molar refractivity (Wildman–Crippen MR) is 85.5 cm³/mol. The standard InChI is InChI=1S/C16H34N2O3/c1-14(2)15-12-16(13-17,6-10-21-15)18(8-11-20-4)7-5-9-19-3/h14-15H,5-13,17H2,1-4H3. The summed E-state index contributed by atoms with van der Waals surface area (Å²) in [4.78, 5) is 2.51. The summed E-state index contributed by atoms with van der Waals surface area (Å²) >= 11 is 0. The summed E-state index contributed by atoms with van der Waals surface area (Å²) in [5.41, 5.74) is 6.25. The van der Waals surface area contributed by atoms with E-state index < -0.39 is 0 Å². The Bertz CT molecular complexity index is 276. The van der Waals surface area contributed by atoms with E-state index >= 15 is 0 Å². The molecule has 1 fully saturated rings. The van der Waals surface area contributed by atoms with Gasteiger partial charge in [-0.05, 0) is 25.2 Å². The fourth-order valence-corrected chi connectivity index (χ4v) is 3.15. The van der Waals surface area contributed by atoms with Crippen molar-refractivity contribution in [2.24, 2.45) is 11.7 Å². The summed E-state index contributed by atoms with van der Waals surface area (Å²) in [6.07, 6.45) is 3.34. The highest BCUT2D eigenvalue weighted by atomic mass is 16.5. The first-order valence-electron chi connectivity index (χ1n) is 8.14. The highest BCUT2D eigenvalue weighted by Gasteiger charge is 2.41. The van der Waals surface area contributed by atoms with Crippen molar-refractivity contribution in [2.75, 3.05) is 53.7 Å². The largest absolute Gasteiger partial charge is 0.385 e. The van der Waals surface area contributed by atoms with Gasteiger partial charge in [-0.2, -0.15) is 0 Å². The molecule has 2 atom stereocenters. The van der Waals surface area contributed by atoms with E-state index in [9.17, 15) is 0 Å². The molecule has 0 radical (unpaired) electrons. The number of rotatable bonds is 10. The molecule has 1 aliphatic rings. The second kappa shape index (κ2) is 9.74. The lowest BCUT2D eigenvalue weighted by molar-refractivity contribution is -0.0917. The molecule has 5 nitrogen and oxygen atoms in total. The van der Waals surface area contributed by atoms with E-state index in [1.54, 1.807) is 14.2 Å². The molecule has 1 saturated heterocycles. The highest BCUT2D eigenvalue weighted by Crippen LogP contribution is 2.33. The lowest BCUT2D eigenvalue weighted by Gasteiger charge is -2.49. The summed E-state index contributed by atoms with van der Waals surface area (Å²) in [6, 6.07) is 0. The number of hydrogen-bond acceptors (Lipinski definition) is 5. The zero-order valence-corrected chi connectivity index (χ0v) is 14.3. The van der Waals surface area contributed by atoms with Crippen LogP contribution in [-0.4, -0.2) is 70.2 Å². The fourth-order valence-electron chi connectivity index (χ4n) is 3.15. The predicted octanol–water partition coefficient (Wildman–Crippen LogP) is 1.50. The lowest BCUT2D eigenvalue weighted by atomic mass is 9.81. The third-order valence-corrected chi connectivity index (χ3v) is 4.62. The van der Waals surface area contributed by atoms with Crippen LogP contribution >= 0.6 is 0 Å². The lowest BCUT2D eigenvalue weighted by Crippen LogP contribution is -2.60. The van der Waals surface area contributed by atoms with Crippen LogP contribution in [0.25, 0.3) is 0 Å². The SMILES string of the molecule is COCCCN(CCOC)C1(CN)CCOC(C(C)C)C1. The summed E-state index contributed by atoms with van der Waals surface area (Å²) in [5.74, 6) is 0.527. The van der Waals surface area contributed by atoms with Crippen molar-refractivity contribution in [3.63, 3.8) is 0 Å². The van der Waals surface area contributed by atoms with E-state index in [4.69, 9.17) is 19.9 Å². The van der Waals surface area contributed by atoms with Crippen molar-refractivity contribution in [1.29, 1.82) is 0 Å². The second-order valence-electron chi connectivity index (χ2n) is 6.36. The third kappa shape index (κ3) is 5.49. The van der Waals surface area contributed by atoms with E-state index in [2.05, 4.69) is 18.7 Å². The van der Waals surface area contributed by atoms with Gasteiger partial charge in [0.2, 0.25) is 0 Å². The maximum absolute atomic E-state index is 6.21. The van der Waals surface area contributed by atoms with Gasteiger partial charge in [-0.1, -0.05) is 13.8 Å². The normalized spacial score (nSPS) is 26.7. The van der Waals surface area contributed by atoms with Gasteiger partial charge in [0.1, 0.15) is 0 Å². The zero-order chi connectivity index (χ0) is 15.7. The molecule has 21 heavy (non-hydrogen) atoms. The molecule has 2 N–H and O–H groups in total. The van der Waals surface area contributed by atoms with Crippen molar-refractivity contribution in [3.05, 3.63) is 0 Å². The molecule has 126 valence electrons. The summed E-state index contributed by atoms with van der Waals surface area (Å²) in [7, 11) is 3.50. The Morgan fingerprint density at radius 3 is 2.52 bits per heavy atom. The number of ether oxygens (including phenoxy) is 3. The molecule has 1 heterocycles. The monoisotopic (exact) mass is 302 g/mol. The van der Waals surface area contributed by atoms with E-state index in [0.717, 1.165) is 52.2 Å². The minimum atomic E-state index is 0.0411. The molecule has 1 rings (SSSR count). The number of methoxy groups -OCH3 is 2. The minimum absolute atomic E-state index is 0.0411. The van der Waals surface area contributed by atoms with Crippen molar-refractivity contribution in [1.82, 2.24) is 4.90 Å². The van der Waals surface area contributed by atoms with E-state index in [-0.39, 0.29) is 5.54 Å². The molecule has 0 aromatic heterocycles. The minimum Gasteiger partial charge on any atom is -0.385 e. The number of hydrogen-bond donors (Lipinski definition) is 1. The second-order valence-corrected chi connectivity index (χ2v) is 6.36. The van der Waals surface area contributed by atoms with Crippen LogP contribution in [0.3, 0.4) is 0 Å². The first-order valence-corrected chi connectivity index (χ1v) is 8.14. The van der Waals surface area contributed by atoms with Crippen LogP contribution in [-0.2, 0) is 14.2 Å². The fraction of sp³-hybridized carbons (Fsp3) is 1.00. The highest BCUT2D eigenvalue weighted by molar-refractivity contribution is 4.97. The van der Waals surface area contributed by atoms with Crippen LogP contribution < -0.4 is 5.73 Å². The molecular formula is C16H34N2O3. The smallest absolute Gasteiger partial charge is 0.0616 e. The Hall–Kier alpha value is -0.200. The Morgan fingerprint density at radius 2 is 1.95 bits per heavy atom. The Morgan fingerprint density at radius 1 is 1.24 bits per heavy atom. The van der Waals surface area contributed by atoms with Gasteiger partial charge in [0, 0.05) is 52.6 Å². The Kier molecular flexibility index (Phi) is 8.74. The molecule has 0 bridgehead atoms. The van der Waals surface area contributed by atoms with E-state index in [1.807, 2.05) is 0 Å². The van der Waals surface area contributed by atoms with Crippen molar-refractivity contribution in [3.8, 4) is 0 Å². The van der Waals surface area contributed by atoms with Crippen molar-refractivity contribution < 1.29 is 14.2 Å². The van der Waals surface area contributed by atoms with Crippen LogP contribution in [0, 0.1) is 5.92 Å². The van der Waals surface area contributed by atoms with Crippen LogP contribution in [0.15, 0.2) is 0 Å². The molecule has 0 aromatic rings.